The molecule has 0 amide bonds. The molecule has 0 fully saturated rings. The van der Waals surface area contributed by atoms with Crippen molar-refractivity contribution in [1.29, 1.82) is 0 Å². The standard InChI is InChI=1S/C11H8N4O2S2/c16-19(17,15-8-3-2-6-12-7-8)10-5-1-4-9-11(10)14-18-13-9/h1-7,15H. The lowest BCUT2D eigenvalue weighted by atomic mass is 10.3. The van der Waals surface area contributed by atoms with Crippen molar-refractivity contribution in [3.05, 3.63) is 42.7 Å². The first-order valence-electron chi connectivity index (χ1n) is 5.31. The van der Waals surface area contributed by atoms with Crippen LogP contribution in [0.3, 0.4) is 0 Å². The molecule has 0 saturated carbocycles. The Morgan fingerprint density at radius 1 is 1.11 bits per heavy atom. The van der Waals surface area contributed by atoms with Gasteiger partial charge in [-0.3, -0.25) is 9.71 Å². The zero-order valence-electron chi connectivity index (χ0n) is 9.52. The summed E-state index contributed by atoms with van der Waals surface area (Å²) in [5.41, 5.74) is 1.35. The number of hydrogen-bond donors (Lipinski definition) is 1. The van der Waals surface area contributed by atoms with E-state index in [0.717, 1.165) is 11.7 Å². The van der Waals surface area contributed by atoms with Crippen LogP contribution in [0.4, 0.5) is 5.69 Å². The molecule has 2 aromatic heterocycles. The van der Waals surface area contributed by atoms with E-state index in [2.05, 4.69) is 18.5 Å². The SMILES string of the molecule is O=S(=O)(Nc1cccnc1)c1cccc2nsnc12. The minimum atomic E-state index is -3.70. The van der Waals surface area contributed by atoms with Crippen LogP contribution in [0.5, 0.6) is 0 Å². The van der Waals surface area contributed by atoms with Gasteiger partial charge in [0.05, 0.1) is 23.6 Å². The second kappa shape index (κ2) is 4.56. The van der Waals surface area contributed by atoms with E-state index < -0.39 is 10.0 Å². The maximum atomic E-state index is 12.3. The average molecular weight is 292 g/mol. The molecule has 0 atom stereocenters. The van der Waals surface area contributed by atoms with Gasteiger partial charge in [0.15, 0.2) is 0 Å². The molecule has 0 aliphatic carbocycles. The number of nitrogens with zero attached hydrogens (tertiary/aromatic N) is 3. The Bertz CT molecular complexity index is 815. The Hall–Kier alpha value is -2.06. The summed E-state index contributed by atoms with van der Waals surface area (Å²) in [5.74, 6) is 0. The number of benzene rings is 1. The highest BCUT2D eigenvalue weighted by atomic mass is 32.2. The number of nitrogens with one attached hydrogen (secondary N) is 1. The summed E-state index contributed by atoms with van der Waals surface area (Å²) in [5, 5.41) is 0. The number of anilines is 1. The van der Waals surface area contributed by atoms with E-state index >= 15 is 0 Å². The molecule has 3 rings (SSSR count). The maximum absolute atomic E-state index is 12.3. The number of sulfonamides is 1. The zero-order valence-corrected chi connectivity index (χ0v) is 11.1. The third kappa shape index (κ3) is 2.27. The fourth-order valence-corrected chi connectivity index (χ4v) is 3.44. The van der Waals surface area contributed by atoms with Crippen molar-refractivity contribution in [2.75, 3.05) is 4.72 Å². The normalized spacial score (nSPS) is 11.6. The summed E-state index contributed by atoms with van der Waals surface area (Å²) in [6.07, 6.45) is 3.01. The van der Waals surface area contributed by atoms with E-state index in [1.54, 1.807) is 30.5 Å². The van der Waals surface area contributed by atoms with Gasteiger partial charge in [-0.2, -0.15) is 8.75 Å². The summed E-state index contributed by atoms with van der Waals surface area (Å²) < 4.78 is 35.1. The van der Waals surface area contributed by atoms with Crippen LogP contribution in [-0.4, -0.2) is 22.1 Å². The first kappa shape index (κ1) is 12.0. The van der Waals surface area contributed by atoms with E-state index in [4.69, 9.17) is 0 Å². The topological polar surface area (TPSA) is 84.8 Å². The third-order valence-corrected chi connectivity index (χ3v) is 4.41. The van der Waals surface area contributed by atoms with Crippen LogP contribution in [0, 0.1) is 0 Å². The smallest absolute Gasteiger partial charge is 0.264 e. The number of rotatable bonds is 3. The molecule has 0 aliphatic heterocycles. The van der Waals surface area contributed by atoms with Crippen LogP contribution < -0.4 is 4.72 Å². The zero-order chi connectivity index (χ0) is 13.3. The van der Waals surface area contributed by atoms with Crippen molar-refractivity contribution in [2.24, 2.45) is 0 Å². The van der Waals surface area contributed by atoms with E-state index in [-0.39, 0.29) is 4.90 Å². The van der Waals surface area contributed by atoms with Crippen molar-refractivity contribution in [3.8, 4) is 0 Å². The molecule has 19 heavy (non-hydrogen) atoms. The maximum Gasteiger partial charge on any atom is 0.264 e. The molecule has 0 unspecified atom stereocenters. The predicted molar refractivity (Wildman–Crippen MR) is 72.5 cm³/mol. The monoisotopic (exact) mass is 292 g/mol. The molecular formula is C11H8N4O2S2. The first-order chi connectivity index (χ1) is 9.17. The molecule has 0 spiro atoms. The minimum Gasteiger partial charge on any atom is -0.278 e. The van der Waals surface area contributed by atoms with Gasteiger partial charge in [0.1, 0.15) is 15.9 Å². The van der Waals surface area contributed by atoms with Crippen molar-refractivity contribution in [2.45, 2.75) is 4.90 Å². The van der Waals surface area contributed by atoms with Gasteiger partial charge in [-0.15, -0.1) is 0 Å². The molecule has 1 N–H and O–H groups in total. The fourth-order valence-electron chi connectivity index (χ4n) is 1.63. The second-order valence-corrected chi connectivity index (χ2v) is 5.91. The van der Waals surface area contributed by atoms with E-state index in [0.29, 0.717) is 16.7 Å². The Kier molecular flexibility index (Phi) is 2.88. The molecule has 2 heterocycles. The summed E-state index contributed by atoms with van der Waals surface area (Å²) in [4.78, 5) is 3.98. The highest BCUT2D eigenvalue weighted by molar-refractivity contribution is 7.93. The lowest BCUT2D eigenvalue weighted by molar-refractivity contribution is 0.602. The van der Waals surface area contributed by atoms with Crippen molar-refractivity contribution < 1.29 is 8.42 Å². The van der Waals surface area contributed by atoms with Gasteiger partial charge in [0, 0.05) is 6.20 Å². The average Bonchev–Trinajstić information content (AvgIpc) is 2.87. The molecular weight excluding hydrogens is 284 g/mol. The molecule has 0 radical (unpaired) electrons. The quantitative estimate of drug-likeness (QED) is 0.796. The van der Waals surface area contributed by atoms with E-state index in [1.807, 2.05) is 0 Å². The summed E-state index contributed by atoms with van der Waals surface area (Å²) in [7, 11) is -3.70. The Morgan fingerprint density at radius 3 is 2.79 bits per heavy atom. The molecule has 0 aliphatic rings. The predicted octanol–water partition coefficient (Wildman–Crippen LogP) is 1.89. The summed E-state index contributed by atoms with van der Waals surface area (Å²) in [6, 6.07) is 8.15. The van der Waals surface area contributed by atoms with E-state index in [9.17, 15) is 8.42 Å². The highest BCUT2D eigenvalue weighted by Crippen LogP contribution is 2.23. The lowest BCUT2D eigenvalue weighted by Crippen LogP contribution is -2.13. The number of pyridine rings is 1. The molecule has 3 aromatic rings. The van der Waals surface area contributed by atoms with Crippen LogP contribution in [0.15, 0.2) is 47.6 Å². The molecule has 0 bridgehead atoms. The Morgan fingerprint density at radius 2 is 2.00 bits per heavy atom. The number of hydrogen-bond acceptors (Lipinski definition) is 6. The van der Waals surface area contributed by atoms with Gasteiger partial charge < -0.3 is 0 Å². The van der Waals surface area contributed by atoms with Crippen LogP contribution in [0.2, 0.25) is 0 Å². The molecule has 1 aromatic carbocycles. The summed E-state index contributed by atoms with van der Waals surface area (Å²) in [6.45, 7) is 0. The van der Waals surface area contributed by atoms with Gasteiger partial charge in [-0.25, -0.2) is 8.42 Å². The fraction of sp³-hybridized carbons (Fsp3) is 0. The van der Waals surface area contributed by atoms with Gasteiger partial charge in [0.2, 0.25) is 0 Å². The van der Waals surface area contributed by atoms with Gasteiger partial charge in [0.25, 0.3) is 10.0 Å². The van der Waals surface area contributed by atoms with E-state index in [1.165, 1.54) is 12.3 Å². The van der Waals surface area contributed by atoms with Crippen LogP contribution >= 0.6 is 11.7 Å². The summed E-state index contributed by atoms with van der Waals surface area (Å²) >= 11 is 0.985. The van der Waals surface area contributed by atoms with Crippen LogP contribution in [0.25, 0.3) is 11.0 Å². The molecule has 8 heteroatoms. The van der Waals surface area contributed by atoms with Gasteiger partial charge in [-0.1, -0.05) is 6.07 Å². The van der Waals surface area contributed by atoms with Crippen molar-refractivity contribution in [1.82, 2.24) is 13.7 Å². The number of aromatic nitrogens is 3. The van der Waals surface area contributed by atoms with Gasteiger partial charge >= 0.3 is 0 Å². The lowest BCUT2D eigenvalue weighted by Gasteiger charge is -2.07. The Labute approximate surface area is 113 Å². The minimum absolute atomic E-state index is 0.114. The number of fused-ring (bicyclic) bond motifs is 1. The molecule has 0 saturated heterocycles. The van der Waals surface area contributed by atoms with Gasteiger partial charge in [-0.05, 0) is 24.3 Å². The van der Waals surface area contributed by atoms with Crippen LogP contribution in [0.1, 0.15) is 0 Å². The highest BCUT2D eigenvalue weighted by Gasteiger charge is 2.19. The van der Waals surface area contributed by atoms with Crippen molar-refractivity contribution in [3.63, 3.8) is 0 Å². The molecule has 6 nitrogen and oxygen atoms in total. The Balaban J connectivity index is 2.08. The molecule has 96 valence electrons. The third-order valence-electron chi connectivity index (χ3n) is 2.45. The van der Waals surface area contributed by atoms with Crippen molar-refractivity contribution >= 4 is 38.5 Å². The van der Waals surface area contributed by atoms with Crippen LogP contribution in [-0.2, 0) is 10.0 Å². The second-order valence-electron chi connectivity index (χ2n) is 3.74. The first-order valence-corrected chi connectivity index (χ1v) is 7.52. The largest absolute Gasteiger partial charge is 0.278 e.